The maximum Gasteiger partial charge on any atom is 0.231 e. The first-order chi connectivity index (χ1) is 10.2. The molecule has 2 aliphatic rings. The Morgan fingerprint density at radius 3 is 2.67 bits per heavy atom. The van der Waals surface area contributed by atoms with Gasteiger partial charge in [-0.3, -0.25) is 0 Å². The average molecular weight is 292 g/mol. The summed E-state index contributed by atoms with van der Waals surface area (Å²) in [6.45, 7) is 2.47. The van der Waals surface area contributed by atoms with Gasteiger partial charge in [0.05, 0.1) is 13.2 Å². The van der Waals surface area contributed by atoms with E-state index in [0.29, 0.717) is 23.2 Å². The summed E-state index contributed by atoms with van der Waals surface area (Å²) in [5.74, 6) is 3.12. The molecule has 1 saturated carbocycles. The predicted octanol–water partition coefficient (Wildman–Crippen LogP) is 3.67. The van der Waals surface area contributed by atoms with Crippen LogP contribution in [0.3, 0.4) is 0 Å². The van der Waals surface area contributed by atoms with E-state index in [-0.39, 0.29) is 6.79 Å². The van der Waals surface area contributed by atoms with Crippen LogP contribution in [0.5, 0.6) is 17.2 Å². The molecule has 3 rings (SSSR count). The topological polar surface area (TPSA) is 47.9 Å². The molecule has 21 heavy (non-hydrogen) atoms. The van der Waals surface area contributed by atoms with Gasteiger partial charge in [-0.15, -0.1) is 0 Å². The van der Waals surface area contributed by atoms with E-state index >= 15 is 0 Å². The highest BCUT2D eigenvalue weighted by molar-refractivity contribution is 5.55. The van der Waals surface area contributed by atoms with Crippen molar-refractivity contribution < 1.29 is 19.3 Å². The maximum atomic E-state index is 10.7. The van der Waals surface area contributed by atoms with Crippen LogP contribution in [0.1, 0.15) is 50.7 Å². The molecular weight excluding hydrogens is 268 g/mol. The molecule has 1 N–H and O–H groups in total. The SMILES string of the molecule is CCC1CCC(C(O)c2cc(OC)c3c(c2)OCO3)CC1. The number of aliphatic hydroxyl groups excluding tert-OH is 1. The van der Waals surface area contributed by atoms with Crippen LogP contribution in [0.2, 0.25) is 0 Å². The lowest BCUT2D eigenvalue weighted by Crippen LogP contribution is -2.20. The van der Waals surface area contributed by atoms with E-state index in [4.69, 9.17) is 14.2 Å². The Balaban J connectivity index is 1.77. The van der Waals surface area contributed by atoms with Gasteiger partial charge in [-0.1, -0.05) is 26.2 Å². The molecule has 4 nitrogen and oxygen atoms in total. The Labute approximate surface area is 126 Å². The van der Waals surface area contributed by atoms with Gasteiger partial charge in [-0.2, -0.15) is 0 Å². The Morgan fingerprint density at radius 1 is 1.24 bits per heavy atom. The summed E-state index contributed by atoms with van der Waals surface area (Å²) < 4.78 is 16.2. The highest BCUT2D eigenvalue weighted by Crippen LogP contribution is 2.45. The third-order valence-electron chi connectivity index (χ3n) is 4.94. The summed E-state index contributed by atoms with van der Waals surface area (Å²) in [5.41, 5.74) is 0.871. The van der Waals surface area contributed by atoms with Crippen LogP contribution < -0.4 is 14.2 Å². The van der Waals surface area contributed by atoms with Crippen molar-refractivity contribution in [1.82, 2.24) is 0 Å². The van der Waals surface area contributed by atoms with Gasteiger partial charge in [-0.25, -0.2) is 0 Å². The number of benzene rings is 1. The van der Waals surface area contributed by atoms with Crippen molar-refractivity contribution in [3.8, 4) is 17.2 Å². The highest BCUT2D eigenvalue weighted by Gasteiger charge is 2.29. The number of fused-ring (bicyclic) bond motifs is 1. The first kappa shape index (κ1) is 14.5. The van der Waals surface area contributed by atoms with Gasteiger partial charge < -0.3 is 19.3 Å². The number of hydrogen-bond acceptors (Lipinski definition) is 4. The van der Waals surface area contributed by atoms with Crippen molar-refractivity contribution in [1.29, 1.82) is 0 Å². The first-order valence-corrected chi connectivity index (χ1v) is 7.88. The second-order valence-electron chi connectivity index (χ2n) is 6.09. The lowest BCUT2D eigenvalue weighted by molar-refractivity contribution is 0.0726. The van der Waals surface area contributed by atoms with Crippen molar-refractivity contribution in [3.05, 3.63) is 17.7 Å². The zero-order valence-electron chi connectivity index (χ0n) is 12.8. The van der Waals surface area contributed by atoms with Gasteiger partial charge in [0, 0.05) is 0 Å². The van der Waals surface area contributed by atoms with E-state index in [2.05, 4.69) is 6.92 Å². The van der Waals surface area contributed by atoms with Crippen molar-refractivity contribution in [3.63, 3.8) is 0 Å². The zero-order valence-corrected chi connectivity index (χ0v) is 12.8. The van der Waals surface area contributed by atoms with Crippen molar-refractivity contribution >= 4 is 0 Å². The molecule has 0 saturated heterocycles. The van der Waals surface area contributed by atoms with Crippen molar-refractivity contribution in [2.75, 3.05) is 13.9 Å². The lowest BCUT2D eigenvalue weighted by atomic mass is 9.77. The molecule has 1 heterocycles. The van der Waals surface area contributed by atoms with Crippen LogP contribution in [0, 0.1) is 11.8 Å². The monoisotopic (exact) mass is 292 g/mol. The minimum atomic E-state index is -0.453. The van der Waals surface area contributed by atoms with E-state index in [0.717, 1.165) is 24.3 Å². The fourth-order valence-electron chi connectivity index (χ4n) is 3.51. The van der Waals surface area contributed by atoms with Gasteiger partial charge in [0.1, 0.15) is 0 Å². The van der Waals surface area contributed by atoms with Crippen LogP contribution in [-0.2, 0) is 0 Å². The largest absolute Gasteiger partial charge is 0.493 e. The number of hydrogen-bond donors (Lipinski definition) is 1. The van der Waals surface area contributed by atoms with Gasteiger partial charge in [0.15, 0.2) is 11.5 Å². The molecule has 0 amide bonds. The standard InChI is InChI=1S/C17H24O4/c1-3-11-4-6-12(7-5-11)16(18)13-8-14(19-2)17-15(9-13)20-10-21-17/h8-9,11-12,16,18H,3-7,10H2,1-2H3. The molecule has 0 aromatic heterocycles. The fraction of sp³-hybridized carbons (Fsp3) is 0.647. The Bertz CT molecular complexity index is 492. The molecule has 1 fully saturated rings. The average Bonchev–Trinajstić information content (AvgIpc) is 3.01. The number of ether oxygens (including phenoxy) is 3. The molecule has 0 radical (unpaired) electrons. The highest BCUT2D eigenvalue weighted by atomic mass is 16.7. The molecular formula is C17H24O4. The lowest BCUT2D eigenvalue weighted by Gasteiger charge is -2.31. The molecule has 1 atom stereocenters. The molecule has 0 bridgehead atoms. The van der Waals surface area contributed by atoms with Crippen LogP contribution in [0.4, 0.5) is 0 Å². The zero-order chi connectivity index (χ0) is 14.8. The Kier molecular flexibility index (Phi) is 4.24. The molecule has 4 heteroatoms. The van der Waals surface area contributed by atoms with Crippen LogP contribution >= 0.6 is 0 Å². The van der Waals surface area contributed by atoms with E-state index in [1.807, 2.05) is 12.1 Å². The predicted molar refractivity (Wildman–Crippen MR) is 79.8 cm³/mol. The summed E-state index contributed by atoms with van der Waals surface area (Å²) >= 11 is 0. The minimum absolute atomic E-state index is 0.215. The third kappa shape index (κ3) is 2.82. The van der Waals surface area contributed by atoms with E-state index in [1.54, 1.807) is 7.11 Å². The van der Waals surface area contributed by atoms with Crippen LogP contribution in [0.15, 0.2) is 12.1 Å². The van der Waals surface area contributed by atoms with Gasteiger partial charge in [0.25, 0.3) is 0 Å². The number of methoxy groups -OCH3 is 1. The molecule has 1 aromatic carbocycles. The number of rotatable bonds is 4. The quantitative estimate of drug-likeness (QED) is 0.919. The summed E-state index contributed by atoms with van der Waals surface area (Å²) in [6, 6.07) is 3.77. The van der Waals surface area contributed by atoms with Crippen LogP contribution in [0.25, 0.3) is 0 Å². The summed E-state index contributed by atoms with van der Waals surface area (Å²) in [6.07, 6.45) is 5.43. The first-order valence-electron chi connectivity index (χ1n) is 7.88. The molecule has 0 spiro atoms. The van der Waals surface area contributed by atoms with Crippen LogP contribution in [-0.4, -0.2) is 19.0 Å². The third-order valence-corrected chi connectivity index (χ3v) is 4.94. The maximum absolute atomic E-state index is 10.7. The van der Waals surface area contributed by atoms with E-state index in [9.17, 15) is 5.11 Å². The van der Waals surface area contributed by atoms with Gasteiger partial charge in [0.2, 0.25) is 12.5 Å². The summed E-state index contributed by atoms with van der Waals surface area (Å²) in [7, 11) is 1.61. The second kappa shape index (κ2) is 6.14. The molecule has 116 valence electrons. The molecule has 1 aliphatic heterocycles. The fourth-order valence-corrected chi connectivity index (χ4v) is 3.51. The molecule has 1 aromatic rings. The number of aliphatic hydroxyl groups is 1. The normalized spacial score (nSPS) is 25.7. The van der Waals surface area contributed by atoms with Crippen molar-refractivity contribution in [2.45, 2.75) is 45.1 Å². The summed E-state index contributed by atoms with van der Waals surface area (Å²) in [4.78, 5) is 0. The summed E-state index contributed by atoms with van der Waals surface area (Å²) in [5, 5.41) is 10.7. The van der Waals surface area contributed by atoms with E-state index < -0.39 is 6.10 Å². The Hall–Kier alpha value is -1.42. The smallest absolute Gasteiger partial charge is 0.231 e. The Morgan fingerprint density at radius 2 is 2.00 bits per heavy atom. The second-order valence-corrected chi connectivity index (χ2v) is 6.09. The van der Waals surface area contributed by atoms with E-state index in [1.165, 1.54) is 19.3 Å². The van der Waals surface area contributed by atoms with Gasteiger partial charge >= 0.3 is 0 Å². The molecule has 1 unspecified atom stereocenters. The van der Waals surface area contributed by atoms with Crippen molar-refractivity contribution in [2.24, 2.45) is 11.8 Å². The molecule has 1 aliphatic carbocycles. The minimum Gasteiger partial charge on any atom is -0.493 e. The van der Waals surface area contributed by atoms with Gasteiger partial charge in [-0.05, 0) is 42.4 Å².